The first-order chi connectivity index (χ1) is 15.7. The highest BCUT2D eigenvalue weighted by Crippen LogP contribution is 2.32. The summed E-state index contributed by atoms with van der Waals surface area (Å²) in [5, 5.41) is 5.38. The van der Waals surface area contributed by atoms with Crippen LogP contribution in [0.2, 0.25) is 0 Å². The van der Waals surface area contributed by atoms with Crippen molar-refractivity contribution >= 4 is 23.4 Å². The van der Waals surface area contributed by atoms with Crippen LogP contribution >= 0.6 is 0 Å². The Morgan fingerprint density at radius 1 is 1.03 bits per heavy atom. The van der Waals surface area contributed by atoms with Gasteiger partial charge < -0.3 is 15.5 Å². The average molecular weight is 459 g/mol. The zero-order valence-corrected chi connectivity index (χ0v) is 17.8. The molecule has 2 aliphatic rings. The van der Waals surface area contributed by atoms with Crippen LogP contribution in [-0.2, 0) is 15.8 Å². The fourth-order valence-corrected chi connectivity index (χ4v) is 4.62. The smallest absolute Gasteiger partial charge is 0.349 e. The Bertz CT molecular complexity index is 1040. The molecule has 2 aromatic rings. The maximum atomic E-state index is 13.4. The number of piperazine rings is 1. The number of fused-ring (bicyclic) bond motifs is 1. The van der Waals surface area contributed by atoms with Gasteiger partial charge in [-0.05, 0) is 43.2 Å². The van der Waals surface area contributed by atoms with Crippen molar-refractivity contribution in [3.8, 4) is 0 Å². The molecule has 1 aliphatic heterocycles. The molecule has 0 aromatic heterocycles. The summed E-state index contributed by atoms with van der Waals surface area (Å²) in [6.45, 7) is 0. The van der Waals surface area contributed by atoms with Gasteiger partial charge in [0, 0.05) is 17.3 Å². The lowest BCUT2D eigenvalue weighted by atomic mass is 9.84. The SMILES string of the molecule is O=C(C[C@@H]1C(=O)N[C@@H]2CCCC[C@@H]2N1C(=O)c1ccccc1)Nc1cccc(C(F)(F)F)c1. The van der Waals surface area contributed by atoms with Gasteiger partial charge in [-0.1, -0.05) is 37.1 Å². The summed E-state index contributed by atoms with van der Waals surface area (Å²) in [5.74, 6) is -1.41. The van der Waals surface area contributed by atoms with Gasteiger partial charge in [-0.3, -0.25) is 14.4 Å². The number of nitrogens with one attached hydrogen (secondary N) is 2. The number of hydrogen-bond acceptors (Lipinski definition) is 3. The van der Waals surface area contributed by atoms with Crippen molar-refractivity contribution in [1.82, 2.24) is 10.2 Å². The number of alkyl halides is 3. The summed E-state index contributed by atoms with van der Waals surface area (Å²) in [7, 11) is 0. The van der Waals surface area contributed by atoms with E-state index in [0.29, 0.717) is 12.0 Å². The van der Waals surface area contributed by atoms with E-state index in [1.807, 2.05) is 0 Å². The van der Waals surface area contributed by atoms with E-state index in [9.17, 15) is 27.6 Å². The molecular formula is C24H24F3N3O3. The molecule has 1 aliphatic carbocycles. The van der Waals surface area contributed by atoms with Gasteiger partial charge in [-0.25, -0.2) is 0 Å². The van der Waals surface area contributed by atoms with Crippen molar-refractivity contribution in [1.29, 1.82) is 0 Å². The molecule has 4 rings (SSSR count). The largest absolute Gasteiger partial charge is 0.416 e. The summed E-state index contributed by atoms with van der Waals surface area (Å²) in [6, 6.07) is 11.4. The van der Waals surface area contributed by atoms with Crippen LogP contribution in [0.3, 0.4) is 0 Å². The lowest BCUT2D eigenvalue weighted by Crippen LogP contribution is -2.68. The predicted molar refractivity (Wildman–Crippen MR) is 115 cm³/mol. The Morgan fingerprint density at radius 2 is 1.76 bits per heavy atom. The molecule has 1 heterocycles. The third kappa shape index (κ3) is 5.02. The normalized spacial score (nSPS) is 22.8. The molecule has 0 bridgehead atoms. The molecule has 2 aromatic carbocycles. The molecule has 1 saturated heterocycles. The molecule has 2 N–H and O–H groups in total. The number of hydrogen-bond donors (Lipinski definition) is 2. The van der Waals surface area contributed by atoms with Gasteiger partial charge in [-0.2, -0.15) is 13.2 Å². The fourth-order valence-electron chi connectivity index (χ4n) is 4.62. The molecule has 9 heteroatoms. The molecule has 3 atom stereocenters. The van der Waals surface area contributed by atoms with Gasteiger partial charge in [0.05, 0.1) is 18.0 Å². The van der Waals surface area contributed by atoms with Crippen LogP contribution in [0.4, 0.5) is 18.9 Å². The van der Waals surface area contributed by atoms with Crippen LogP contribution < -0.4 is 10.6 Å². The highest BCUT2D eigenvalue weighted by Gasteiger charge is 2.46. The van der Waals surface area contributed by atoms with Gasteiger partial charge in [0.15, 0.2) is 0 Å². The molecule has 0 spiro atoms. The highest BCUT2D eigenvalue weighted by atomic mass is 19.4. The first-order valence-electron chi connectivity index (χ1n) is 10.9. The Kier molecular flexibility index (Phi) is 6.40. The first kappa shape index (κ1) is 22.8. The van der Waals surface area contributed by atoms with Crippen molar-refractivity contribution in [3.63, 3.8) is 0 Å². The number of rotatable bonds is 4. The predicted octanol–water partition coefficient (Wildman–Crippen LogP) is 3.99. The zero-order chi connectivity index (χ0) is 23.6. The molecule has 0 unspecified atom stereocenters. The van der Waals surface area contributed by atoms with Crippen molar-refractivity contribution in [2.24, 2.45) is 0 Å². The third-order valence-corrected chi connectivity index (χ3v) is 6.16. The summed E-state index contributed by atoms with van der Waals surface area (Å²) < 4.78 is 38.9. The minimum absolute atomic E-state index is 0.0254. The van der Waals surface area contributed by atoms with Crippen LogP contribution in [0.25, 0.3) is 0 Å². The van der Waals surface area contributed by atoms with Crippen molar-refractivity contribution in [3.05, 3.63) is 65.7 Å². The zero-order valence-electron chi connectivity index (χ0n) is 17.8. The monoisotopic (exact) mass is 459 g/mol. The minimum Gasteiger partial charge on any atom is -0.349 e. The van der Waals surface area contributed by atoms with Crippen LogP contribution in [0.1, 0.15) is 48.0 Å². The standard InChI is InChI=1S/C24H24F3N3O3/c25-24(26,27)16-9-6-10-17(13-16)28-21(31)14-20-22(32)29-18-11-4-5-12-19(18)30(20)23(33)15-7-2-1-3-8-15/h1-3,6-10,13,18-20H,4-5,11-12,14H2,(H,28,31)(H,29,32)/t18-,19+,20-/m1/s1. The Balaban J connectivity index is 1.57. The number of nitrogens with zero attached hydrogens (tertiary/aromatic N) is 1. The van der Waals surface area contributed by atoms with E-state index in [4.69, 9.17) is 0 Å². The van der Waals surface area contributed by atoms with E-state index >= 15 is 0 Å². The van der Waals surface area contributed by atoms with Crippen LogP contribution in [0.5, 0.6) is 0 Å². The van der Waals surface area contributed by atoms with E-state index in [2.05, 4.69) is 10.6 Å². The fraction of sp³-hybridized carbons (Fsp3) is 0.375. The lowest BCUT2D eigenvalue weighted by molar-refractivity contribution is -0.137. The Hall–Kier alpha value is -3.36. The molecule has 2 fully saturated rings. The number of benzene rings is 2. The van der Waals surface area contributed by atoms with Gasteiger partial charge in [0.2, 0.25) is 11.8 Å². The second-order valence-electron chi connectivity index (χ2n) is 8.39. The summed E-state index contributed by atoms with van der Waals surface area (Å²) in [6.07, 6.45) is -1.61. The van der Waals surface area contributed by atoms with Crippen molar-refractivity contribution < 1.29 is 27.6 Å². The maximum Gasteiger partial charge on any atom is 0.416 e. The van der Waals surface area contributed by atoms with E-state index in [-0.39, 0.29) is 30.1 Å². The van der Waals surface area contributed by atoms with Gasteiger partial charge in [0.25, 0.3) is 5.91 Å². The second-order valence-corrected chi connectivity index (χ2v) is 8.39. The second kappa shape index (κ2) is 9.25. The van der Waals surface area contributed by atoms with Crippen LogP contribution in [0, 0.1) is 0 Å². The molecule has 33 heavy (non-hydrogen) atoms. The van der Waals surface area contributed by atoms with Gasteiger partial charge in [0.1, 0.15) is 6.04 Å². The molecule has 6 nitrogen and oxygen atoms in total. The molecule has 1 saturated carbocycles. The van der Waals surface area contributed by atoms with Crippen molar-refractivity contribution in [2.75, 3.05) is 5.32 Å². The number of anilines is 1. The Labute approximate surface area is 189 Å². The number of amides is 3. The van der Waals surface area contributed by atoms with Crippen LogP contribution in [0.15, 0.2) is 54.6 Å². The summed E-state index contributed by atoms with van der Waals surface area (Å²) >= 11 is 0. The number of halogens is 3. The summed E-state index contributed by atoms with van der Waals surface area (Å²) in [4.78, 5) is 40.6. The average Bonchev–Trinajstić information content (AvgIpc) is 2.79. The topological polar surface area (TPSA) is 78.5 Å². The summed E-state index contributed by atoms with van der Waals surface area (Å²) in [5.41, 5.74) is -0.496. The maximum absolute atomic E-state index is 13.4. The van der Waals surface area contributed by atoms with Gasteiger partial charge in [-0.15, -0.1) is 0 Å². The Morgan fingerprint density at radius 3 is 2.48 bits per heavy atom. The van der Waals surface area contributed by atoms with Gasteiger partial charge >= 0.3 is 6.18 Å². The van der Waals surface area contributed by atoms with Crippen LogP contribution in [-0.4, -0.2) is 40.7 Å². The van der Waals surface area contributed by atoms with E-state index in [0.717, 1.165) is 31.4 Å². The van der Waals surface area contributed by atoms with E-state index in [1.54, 1.807) is 30.3 Å². The molecule has 0 radical (unpaired) electrons. The molecule has 3 amide bonds. The molecule has 174 valence electrons. The highest BCUT2D eigenvalue weighted by molar-refractivity contribution is 6.01. The minimum atomic E-state index is -4.54. The lowest BCUT2D eigenvalue weighted by Gasteiger charge is -2.48. The number of carbonyl (C=O) groups is 3. The number of carbonyl (C=O) groups excluding carboxylic acids is 3. The third-order valence-electron chi connectivity index (χ3n) is 6.16. The quantitative estimate of drug-likeness (QED) is 0.726. The first-order valence-corrected chi connectivity index (χ1v) is 10.9. The van der Waals surface area contributed by atoms with E-state index < -0.39 is 29.6 Å². The van der Waals surface area contributed by atoms with E-state index in [1.165, 1.54) is 17.0 Å². The van der Waals surface area contributed by atoms with Crippen molar-refractivity contribution in [2.45, 2.75) is 56.4 Å². The molecular weight excluding hydrogens is 435 g/mol.